The van der Waals surface area contributed by atoms with Gasteiger partial charge in [0.2, 0.25) is 12.1 Å². The van der Waals surface area contributed by atoms with Gasteiger partial charge in [-0.2, -0.15) is 0 Å². The van der Waals surface area contributed by atoms with E-state index in [1.54, 1.807) is 43.3 Å². The molecule has 4 aromatic carbocycles. The predicted molar refractivity (Wildman–Crippen MR) is 162 cm³/mol. The molecular formula is C34H32N4O4. The first kappa shape index (κ1) is 28.6. The molecule has 2 amide bonds. The van der Waals surface area contributed by atoms with Gasteiger partial charge in [0, 0.05) is 23.2 Å². The number of rotatable bonds is 10. The molecule has 42 heavy (non-hydrogen) atoms. The number of aliphatic hydroxyl groups excluding tert-OH is 1. The van der Waals surface area contributed by atoms with Crippen molar-refractivity contribution < 1.29 is 19.5 Å². The number of aliphatic imine (C=N–C) groups is 1. The van der Waals surface area contributed by atoms with Gasteiger partial charge in [-0.15, -0.1) is 0 Å². The molecule has 4 aromatic rings. The lowest BCUT2D eigenvalue weighted by Gasteiger charge is -2.25. The Morgan fingerprint density at radius 2 is 1.45 bits per heavy atom. The van der Waals surface area contributed by atoms with Crippen LogP contribution in [0.2, 0.25) is 0 Å². The van der Waals surface area contributed by atoms with E-state index in [2.05, 4.69) is 10.6 Å². The maximum atomic E-state index is 14.1. The van der Waals surface area contributed by atoms with Gasteiger partial charge in [-0.25, -0.2) is 4.99 Å². The zero-order valence-corrected chi connectivity index (χ0v) is 23.2. The summed E-state index contributed by atoms with van der Waals surface area (Å²) >= 11 is 0. The molecule has 3 atom stereocenters. The Labute approximate surface area is 244 Å². The number of carbonyl (C=O) groups is 3. The Morgan fingerprint density at radius 3 is 2.14 bits per heavy atom. The van der Waals surface area contributed by atoms with E-state index in [1.807, 2.05) is 78.9 Å². The third-order valence-corrected chi connectivity index (χ3v) is 7.13. The number of hydrogen-bond acceptors (Lipinski definition) is 6. The topological polar surface area (TPSA) is 111 Å². The summed E-state index contributed by atoms with van der Waals surface area (Å²) in [6.07, 6.45) is -2.09. The summed E-state index contributed by atoms with van der Waals surface area (Å²) < 4.78 is 0. The Morgan fingerprint density at radius 1 is 0.857 bits per heavy atom. The van der Waals surface area contributed by atoms with Crippen molar-refractivity contribution in [1.29, 1.82) is 0 Å². The Kier molecular flexibility index (Phi) is 8.96. The first-order valence-corrected chi connectivity index (χ1v) is 13.8. The van der Waals surface area contributed by atoms with Crippen molar-refractivity contribution in [3.63, 3.8) is 0 Å². The summed E-state index contributed by atoms with van der Waals surface area (Å²) in [5, 5.41) is 16.3. The highest BCUT2D eigenvalue weighted by Gasteiger charge is 2.35. The minimum atomic E-state index is -1.29. The maximum Gasteiger partial charge on any atom is 0.272 e. The van der Waals surface area contributed by atoms with Crippen LogP contribution < -0.4 is 15.5 Å². The first-order valence-electron chi connectivity index (χ1n) is 13.8. The van der Waals surface area contributed by atoms with Crippen molar-refractivity contribution in [2.75, 3.05) is 18.0 Å². The molecule has 8 heteroatoms. The van der Waals surface area contributed by atoms with E-state index in [4.69, 9.17) is 4.99 Å². The number of aliphatic hydroxyl groups is 1. The number of benzene rings is 4. The number of para-hydroxylation sites is 1. The lowest BCUT2D eigenvalue weighted by molar-refractivity contribution is -0.128. The molecule has 8 nitrogen and oxygen atoms in total. The molecular weight excluding hydrogens is 528 g/mol. The van der Waals surface area contributed by atoms with Crippen LogP contribution in [0.1, 0.15) is 40.1 Å². The van der Waals surface area contributed by atoms with Gasteiger partial charge in [0.15, 0.2) is 5.78 Å². The van der Waals surface area contributed by atoms with Gasteiger partial charge in [-0.05, 0) is 18.6 Å². The summed E-state index contributed by atoms with van der Waals surface area (Å²) in [4.78, 5) is 46.8. The summed E-state index contributed by atoms with van der Waals surface area (Å²) in [7, 11) is 0. The Balaban J connectivity index is 1.43. The molecule has 1 aliphatic rings. The molecule has 212 valence electrons. The zero-order chi connectivity index (χ0) is 29.5. The van der Waals surface area contributed by atoms with Crippen molar-refractivity contribution in [3.8, 4) is 0 Å². The van der Waals surface area contributed by atoms with Gasteiger partial charge in [0.1, 0.15) is 0 Å². The summed E-state index contributed by atoms with van der Waals surface area (Å²) in [5.41, 5.74) is 3.71. The molecule has 2 unspecified atom stereocenters. The van der Waals surface area contributed by atoms with Gasteiger partial charge in [0.25, 0.3) is 5.91 Å². The number of nitrogens with one attached hydrogen (secondary N) is 2. The second-order valence-corrected chi connectivity index (χ2v) is 10.0. The van der Waals surface area contributed by atoms with Crippen molar-refractivity contribution in [1.82, 2.24) is 10.6 Å². The average molecular weight is 561 g/mol. The van der Waals surface area contributed by atoms with E-state index in [9.17, 15) is 19.5 Å². The summed E-state index contributed by atoms with van der Waals surface area (Å²) in [6.45, 7) is 1.57. The van der Waals surface area contributed by atoms with Crippen LogP contribution in [0.4, 0.5) is 5.69 Å². The molecule has 0 bridgehead atoms. The van der Waals surface area contributed by atoms with Crippen LogP contribution in [-0.2, 0) is 9.59 Å². The number of carbonyl (C=O) groups excluding carboxylic acids is 3. The second kappa shape index (κ2) is 13.2. The molecule has 5 rings (SSSR count). The smallest absolute Gasteiger partial charge is 0.272 e. The number of Topliss-reactive ketones (excluding diaryl/α,β-unsaturated/α-hetero) is 1. The SMILES string of the molecule is C[C@H](NCC(O)c1ccccc1)C(=O)NC1N=C(c2ccccc2)c2ccccc2N(CC(=O)c2ccccc2)C1=O. The van der Waals surface area contributed by atoms with E-state index >= 15 is 0 Å². The van der Waals surface area contributed by atoms with Gasteiger partial charge in [0.05, 0.1) is 30.1 Å². The van der Waals surface area contributed by atoms with E-state index in [0.29, 0.717) is 22.5 Å². The summed E-state index contributed by atoms with van der Waals surface area (Å²) in [6, 6.07) is 33.9. The fourth-order valence-electron chi connectivity index (χ4n) is 4.81. The lowest BCUT2D eigenvalue weighted by atomic mass is 10.00. The number of anilines is 1. The third-order valence-electron chi connectivity index (χ3n) is 7.13. The van der Waals surface area contributed by atoms with Crippen LogP contribution in [0, 0.1) is 0 Å². The van der Waals surface area contributed by atoms with Crippen LogP contribution in [0.3, 0.4) is 0 Å². The van der Waals surface area contributed by atoms with Gasteiger partial charge in [-0.3, -0.25) is 14.4 Å². The highest BCUT2D eigenvalue weighted by molar-refractivity contribution is 6.21. The maximum absolute atomic E-state index is 14.1. The number of benzodiazepines with no additional fused rings is 1. The quantitative estimate of drug-likeness (QED) is 0.255. The fraction of sp³-hybridized carbons (Fsp3) is 0.176. The molecule has 1 aliphatic heterocycles. The molecule has 0 aromatic heterocycles. The summed E-state index contributed by atoms with van der Waals surface area (Å²) in [5.74, 6) is -1.23. The largest absolute Gasteiger partial charge is 0.387 e. The Hall–Kier alpha value is -4.92. The predicted octanol–water partition coefficient (Wildman–Crippen LogP) is 3.91. The van der Waals surface area contributed by atoms with Gasteiger partial charge < -0.3 is 20.6 Å². The van der Waals surface area contributed by atoms with E-state index in [1.165, 1.54) is 4.90 Å². The monoisotopic (exact) mass is 560 g/mol. The van der Waals surface area contributed by atoms with Crippen LogP contribution >= 0.6 is 0 Å². The number of fused-ring (bicyclic) bond motifs is 1. The minimum absolute atomic E-state index is 0.138. The number of ketones is 1. The standard InChI is InChI=1S/C34H32N4O4/c1-23(35-21-29(39)24-13-5-2-6-14-24)33(41)37-32-34(42)38(22-30(40)25-15-7-3-8-16-25)28-20-12-11-19-27(28)31(36-32)26-17-9-4-10-18-26/h2-20,23,29,32,35,39H,21-22H2,1H3,(H,37,41)/t23-,29?,32?/m0/s1. The lowest BCUT2D eigenvalue weighted by Crippen LogP contribution is -2.53. The van der Waals surface area contributed by atoms with E-state index in [0.717, 1.165) is 11.1 Å². The van der Waals surface area contributed by atoms with Crippen molar-refractivity contribution in [2.45, 2.75) is 25.2 Å². The van der Waals surface area contributed by atoms with Crippen molar-refractivity contribution in [3.05, 3.63) is 138 Å². The van der Waals surface area contributed by atoms with Crippen molar-refractivity contribution in [2.24, 2.45) is 4.99 Å². The molecule has 0 saturated heterocycles. The average Bonchev–Trinajstić information content (AvgIpc) is 3.15. The number of hydrogen-bond donors (Lipinski definition) is 3. The molecule has 1 heterocycles. The van der Waals surface area contributed by atoms with E-state index < -0.39 is 30.1 Å². The normalized spacial score (nSPS) is 16.0. The molecule has 3 N–H and O–H groups in total. The van der Waals surface area contributed by atoms with Gasteiger partial charge in [-0.1, -0.05) is 109 Å². The molecule has 0 radical (unpaired) electrons. The molecule has 0 fully saturated rings. The zero-order valence-electron chi connectivity index (χ0n) is 23.2. The van der Waals surface area contributed by atoms with Gasteiger partial charge >= 0.3 is 0 Å². The fourth-order valence-corrected chi connectivity index (χ4v) is 4.81. The minimum Gasteiger partial charge on any atom is -0.387 e. The van der Waals surface area contributed by atoms with Crippen molar-refractivity contribution >= 4 is 29.0 Å². The number of amides is 2. The highest BCUT2D eigenvalue weighted by atomic mass is 16.3. The molecule has 0 spiro atoms. The number of nitrogens with zero attached hydrogens (tertiary/aromatic N) is 2. The van der Waals surface area contributed by atoms with Crippen LogP contribution in [0.5, 0.6) is 0 Å². The van der Waals surface area contributed by atoms with Crippen LogP contribution in [-0.4, -0.2) is 53.7 Å². The molecule has 0 aliphatic carbocycles. The van der Waals surface area contributed by atoms with Crippen LogP contribution in [0.25, 0.3) is 0 Å². The second-order valence-electron chi connectivity index (χ2n) is 10.0. The van der Waals surface area contributed by atoms with E-state index in [-0.39, 0.29) is 18.9 Å². The molecule has 0 saturated carbocycles. The Bertz CT molecular complexity index is 1580. The first-order chi connectivity index (χ1) is 20.4. The third kappa shape index (κ3) is 6.52. The van der Waals surface area contributed by atoms with Crippen LogP contribution in [0.15, 0.2) is 120 Å². The highest BCUT2D eigenvalue weighted by Crippen LogP contribution is 2.28.